The molecule has 0 aliphatic heterocycles. The molecule has 0 aliphatic carbocycles. The largest absolute Gasteiger partial charge is 0.467 e. The van der Waals surface area contributed by atoms with Gasteiger partial charge in [0.15, 0.2) is 0 Å². The van der Waals surface area contributed by atoms with Gasteiger partial charge in [-0.1, -0.05) is 37.3 Å². The highest BCUT2D eigenvalue weighted by molar-refractivity contribution is 5.87. The van der Waals surface area contributed by atoms with Crippen LogP contribution < -0.4 is 16.0 Å². The Hall–Kier alpha value is -2.60. The molecule has 0 fully saturated rings. The Bertz CT molecular complexity index is 656. The van der Waals surface area contributed by atoms with Crippen molar-refractivity contribution in [2.24, 2.45) is 0 Å². The van der Waals surface area contributed by atoms with Crippen molar-refractivity contribution in [3.8, 4) is 0 Å². The lowest BCUT2D eigenvalue weighted by Crippen LogP contribution is -2.47. The molecule has 1 heterocycles. The molecule has 0 spiro atoms. The Morgan fingerprint density at radius 2 is 1.88 bits per heavy atom. The SMILES string of the molecule is CCCNC(=O)[C@@H](C)NC(=O)CN[C@@H](c1ccccc1)c1ccco1. The Morgan fingerprint density at radius 1 is 1.12 bits per heavy atom. The van der Waals surface area contributed by atoms with Crippen molar-refractivity contribution < 1.29 is 14.0 Å². The summed E-state index contributed by atoms with van der Waals surface area (Å²) in [6, 6.07) is 12.6. The molecule has 3 N–H and O–H groups in total. The standard InChI is InChI=1S/C19H25N3O3/c1-3-11-20-19(24)14(2)22-17(23)13-21-18(16-10-7-12-25-16)15-8-5-4-6-9-15/h4-10,12,14,18,21H,3,11,13H2,1-2H3,(H,20,24)(H,22,23)/t14-,18+/m1/s1. The second-order valence-electron chi connectivity index (χ2n) is 5.82. The Morgan fingerprint density at radius 3 is 2.52 bits per heavy atom. The number of rotatable bonds is 9. The fourth-order valence-corrected chi connectivity index (χ4v) is 2.44. The van der Waals surface area contributed by atoms with E-state index in [2.05, 4.69) is 16.0 Å². The highest BCUT2D eigenvalue weighted by atomic mass is 16.3. The van der Waals surface area contributed by atoms with Crippen molar-refractivity contribution in [1.29, 1.82) is 0 Å². The third-order valence-corrected chi connectivity index (χ3v) is 3.75. The van der Waals surface area contributed by atoms with Gasteiger partial charge >= 0.3 is 0 Å². The van der Waals surface area contributed by atoms with E-state index in [4.69, 9.17) is 4.42 Å². The smallest absolute Gasteiger partial charge is 0.242 e. The Balaban J connectivity index is 1.92. The monoisotopic (exact) mass is 343 g/mol. The topological polar surface area (TPSA) is 83.4 Å². The first kappa shape index (κ1) is 18.7. The van der Waals surface area contributed by atoms with Crippen LogP contribution in [0.4, 0.5) is 0 Å². The highest BCUT2D eigenvalue weighted by Crippen LogP contribution is 2.21. The summed E-state index contributed by atoms with van der Waals surface area (Å²) < 4.78 is 5.49. The molecule has 2 atom stereocenters. The molecule has 2 amide bonds. The fraction of sp³-hybridized carbons (Fsp3) is 0.368. The van der Waals surface area contributed by atoms with Gasteiger partial charge in [0.2, 0.25) is 11.8 Å². The van der Waals surface area contributed by atoms with Gasteiger partial charge in [0.1, 0.15) is 11.8 Å². The van der Waals surface area contributed by atoms with Crippen LogP contribution in [-0.2, 0) is 9.59 Å². The zero-order chi connectivity index (χ0) is 18.1. The van der Waals surface area contributed by atoms with Gasteiger partial charge in [0, 0.05) is 6.54 Å². The number of amides is 2. The predicted molar refractivity (Wildman–Crippen MR) is 95.9 cm³/mol. The van der Waals surface area contributed by atoms with Crippen molar-refractivity contribution in [2.45, 2.75) is 32.4 Å². The summed E-state index contributed by atoms with van der Waals surface area (Å²) in [4.78, 5) is 24.0. The first-order valence-corrected chi connectivity index (χ1v) is 8.50. The number of nitrogens with one attached hydrogen (secondary N) is 3. The molecular weight excluding hydrogens is 318 g/mol. The van der Waals surface area contributed by atoms with Crippen molar-refractivity contribution in [1.82, 2.24) is 16.0 Å². The number of benzene rings is 1. The minimum absolute atomic E-state index is 0.0751. The fourth-order valence-electron chi connectivity index (χ4n) is 2.44. The molecular formula is C19H25N3O3. The molecule has 0 aliphatic rings. The molecule has 6 nitrogen and oxygen atoms in total. The molecule has 2 aromatic rings. The van der Waals surface area contributed by atoms with E-state index in [0.29, 0.717) is 6.54 Å². The second-order valence-corrected chi connectivity index (χ2v) is 5.82. The number of furan rings is 1. The molecule has 6 heteroatoms. The molecule has 1 aromatic carbocycles. The van der Waals surface area contributed by atoms with Crippen molar-refractivity contribution >= 4 is 11.8 Å². The van der Waals surface area contributed by atoms with Crippen LogP contribution in [0.5, 0.6) is 0 Å². The van der Waals surface area contributed by atoms with Gasteiger partial charge in [0.05, 0.1) is 18.8 Å². The summed E-state index contributed by atoms with van der Waals surface area (Å²) in [5, 5.41) is 8.65. The first-order valence-electron chi connectivity index (χ1n) is 8.50. The molecule has 0 unspecified atom stereocenters. The van der Waals surface area contributed by atoms with Gasteiger partial charge in [-0.3, -0.25) is 14.9 Å². The highest BCUT2D eigenvalue weighted by Gasteiger charge is 2.19. The van der Waals surface area contributed by atoms with Crippen LogP contribution in [0.15, 0.2) is 53.1 Å². The molecule has 134 valence electrons. The third-order valence-electron chi connectivity index (χ3n) is 3.75. The van der Waals surface area contributed by atoms with Crippen LogP contribution in [0.25, 0.3) is 0 Å². The van der Waals surface area contributed by atoms with Crippen LogP contribution in [-0.4, -0.2) is 30.9 Å². The normalized spacial score (nSPS) is 13.0. The second kappa shape index (κ2) is 9.64. The van der Waals surface area contributed by atoms with Crippen LogP contribution in [0.1, 0.15) is 37.6 Å². The van der Waals surface area contributed by atoms with E-state index in [1.165, 1.54) is 0 Å². The number of hydrogen-bond acceptors (Lipinski definition) is 4. The molecule has 0 saturated carbocycles. The van der Waals surface area contributed by atoms with Gasteiger partial charge in [-0.15, -0.1) is 0 Å². The van der Waals surface area contributed by atoms with E-state index in [1.807, 2.05) is 49.4 Å². The van der Waals surface area contributed by atoms with Gasteiger partial charge in [-0.25, -0.2) is 0 Å². The summed E-state index contributed by atoms with van der Waals surface area (Å²) in [6.07, 6.45) is 2.46. The molecule has 0 radical (unpaired) electrons. The molecule has 25 heavy (non-hydrogen) atoms. The van der Waals surface area contributed by atoms with Crippen LogP contribution in [0.2, 0.25) is 0 Å². The maximum atomic E-state index is 12.2. The molecule has 0 bridgehead atoms. The lowest BCUT2D eigenvalue weighted by atomic mass is 10.0. The third kappa shape index (κ3) is 5.76. The zero-order valence-electron chi connectivity index (χ0n) is 14.6. The Kier molecular flexibility index (Phi) is 7.22. The maximum Gasteiger partial charge on any atom is 0.242 e. The summed E-state index contributed by atoms with van der Waals surface area (Å²) in [6.45, 7) is 4.33. The minimum Gasteiger partial charge on any atom is -0.467 e. The minimum atomic E-state index is -0.570. The van der Waals surface area contributed by atoms with Gasteiger partial charge in [0.25, 0.3) is 0 Å². The number of hydrogen-bond donors (Lipinski definition) is 3. The van der Waals surface area contributed by atoms with E-state index in [9.17, 15) is 9.59 Å². The summed E-state index contributed by atoms with van der Waals surface area (Å²) in [7, 11) is 0. The molecule has 2 rings (SSSR count). The van der Waals surface area contributed by atoms with Gasteiger partial charge in [-0.05, 0) is 31.0 Å². The zero-order valence-corrected chi connectivity index (χ0v) is 14.6. The maximum absolute atomic E-state index is 12.2. The van der Waals surface area contributed by atoms with Gasteiger partial charge < -0.3 is 15.1 Å². The predicted octanol–water partition coefficient (Wildman–Crippen LogP) is 1.99. The lowest BCUT2D eigenvalue weighted by molar-refractivity contribution is -0.128. The quantitative estimate of drug-likeness (QED) is 0.650. The average Bonchev–Trinajstić information content (AvgIpc) is 3.15. The number of carbonyl (C=O) groups excluding carboxylic acids is 2. The van der Waals surface area contributed by atoms with Crippen LogP contribution in [0, 0.1) is 0 Å². The molecule has 1 aromatic heterocycles. The van der Waals surface area contributed by atoms with E-state index >= 15 is 0 Å². The van der Waals surface area contributed by atoms with E-state index in [1.54, 1.807) is 13.2 Å². The number of carbonyl (C=O) groups is 2. The summed E-state index contributed by atoms with van der Waals surface area (Å²) in [5.41, 5.74) is 0.999. The summed E-state index contributed by atoms with van der Waals surface area (Å²) >= 11 is 0. The van der Waals surface area contributed by atoms with E-state index in [0.717, 1.165) is 17.7 Å². The van der Waals surface area contributed by atoms with Gasteiger partial charge in [-0.2, -0.15) is 0 Å². The lowest BCUT2D eigenvalue weighted by Gasteiger charge is -2.18. The van der Waals surface area contributed by atoms with Crippen molar-refractivity contribution in [3.63, 3.8) is 0 Å². The average molecular weight is 343 g/mol. The van der Waals surface area contributed by atoms with Crippen LogP contribution >= 0.6 is 0 Å². The Labute approximate surface area is 148 Å². The van der Waals surface area contributed by atoms with E-state index < -0.39 is 6.04 Å². The van der Waals surface area contributed by atoms with Crippen molar-refractivity contribution in [2.75, 3.05) is 13.1 Å². The van der Waals surface area contributed by atoms with Crippen molar-refractivity contribution in [3.05, 3.63) is 60.1 Å². The first-order chi connectivity index (χ1) is 12.1. The summed E-state index contributed by atoms with van der Waals surface area (Å²) in [5.74, 6) is 0.306. The molecule has 0 saturated heterocycles. The van der Waals surface area contributed by atoms with E-state index in [-0.39, 0.29) is 24.4 Å². The van der Waals surface area contributed by atoms with Crippen LogP contribution in [0.3, 0.4) is 0 Å².